The fourth-order valence-corrected chi connectivity index (χ4v) is 2.03. The summed E-state index contributed by atoms with van der Waals surface area (Å²) in [6.07, 6.45) is -0.451. The van der Waals surface area contributed by atoms with Crippen LogP contribution in [-0.2, 0) is 11.2 Å². The van der Waals surface area contributed by atoms with Gasteiger partial charge in [-0.3, -0.25) is 4.79 Å². The lowest BCUT2D eigenvalue weighted by Gasteiger charge is -2.12. The highest BCUT2D eigenvalue weighted by atomic mass is 16.5. The average molecular weight is 285 g/mol. The third-order valence-corrected chi connectivity index (χ3v) is 3.21. The Bertz CT molecular complexity index is 584. The third kappa shape index (κ3) is 4.33. The van der Waals surface area contributed by atoms with Crippen LogP contribution in [0.3, 0.4) is 0 Å². The zero-order valence-corrected chi connectivity index (χ0v) is 12.0. The van der Waals surface area contributed by atoms with E-state index in [1.807, 2.05) is 30.3 Å². The molecule has 0 saturated carbocycles. The van der Waals surface area contributed by atoms with Gasteiger partial charge in [0.1, 0.15) is 5.75 Å². The van der Waals surface area contributed by atoms with Gasteiger partial charge in [0.25, 0.3) is 5.91 Å². The maximum Gasteiger partial charge on any atom is 0.253 e. The van der Waals surface area contributed by atoms with Crippen molar-refractivity contribution in [1.82, 2.24) is 5.32 Å². The SMILES string of the molecule is COc1cccc(C(O)C(=O)NCCc2ccccc2)c1. The molecule has 2 aromatic rings. The second-order valence-corrected chi connectivity index (χ2v) is 4.71. The molecule has 0 radical (unpaired) electrons. The van der Waals surface area contributed by atoms with Crippen LogP contribution in [0.15, 0.2) is 54.6 Å². The number of benzene rings is 2. The summed E-state index contributed by atoms with van der Waals surface area (Å²) in [6.45, 7) is 0.490. The largest absolute Gasteiger partial charge is 0.497 e. The van der Waals surface area contributed by atoms with E-state index >= 15 is 0 Å². The molecule has 0 saturated heterocycles. The topological polar surface area (TPSA) is 58.6 Å². The number of nitrogens with one attached hydrogen (secondary N) is 1. The average Bonchev–Trinajstić information content (AvgIpc) is 2.55. The van der Waals surface area contributed by atoms with Gasteiger partial charge in [-0.05, 0) is 29.7 Å². The van der Waals surface area contributed by atoms with Crippen molar-refractivity contribution < 1.29 is 14.6 Å². The molecule has 0 bridgehead atoms. The van der Waals surface area contributed by atoms with Crippen molar-refractivity contribution >= 4 is 5.91 Å². The van der Waals surface area contributed by atoms with E-state index in [1.165, 1.54) is 0 Å². The van der Waals surface area contributed by atoms with Gasteiger partial charge >= 0.3 is 0 Å². The first-order valence-corrected chi connectivity index (χ1v) is 6.84. The minimum Gasteiger partial charge on any atom is -0.497 e. The van der Waals surface area contributed by atoms with Gasteiger partial charge in [-0.2, -0.15) is 0 Å². The molecule has 4 heteroatoms. The number of hydrogen-bond donors (Lipinski definition) is 2. The quantitative estimate of drug-likeness (QED) is 0.854. The van der Waals surface area contributed by atoms with Crippen LogP contribution in [0.25, 0.3) is 0 Å². The molecule has 4 nitrogen and oxygen atoms in total. The smallest absolute Gasteiger partial charge is 0.253 e. The first kappa shape index (κ1) is 15.1. The van der Waals surface area contributed by atoms with Gasteiger partial charge in [0, 0.05) is 6.54 Å². The molecule has 0 spiro atoms. The van der Waals surface area contributed by atoms with Gasteiger partial charge in [0.2, 0.25) is 0 Å². The number of ether oxygens (including phenoxy) is 1. The van der Waals surface area contributed by atoms with E-state index in [0.717, 1.165) is 12.0 Å². The summed E-state index contributed by atoms with van der Waals surface area (Å²) < 4.78 is 5.08. The van der Waals surface area contributed by atoms with Crippen molar-refractivity contribution in [2.75, 3.05) is 13.7 Å². The van der Waals surface area contributed by atoms with Crippen molar-refractivity contribution in [3.8, 4) is 5.75 Å². The number of carbonyl (C=O) groups is 1. The summed E-state index contributed by atoms with van der Waals surface area (Å²) in [5.41, 5.74) is 1.67. The molecule has 2 aromatic carbocycles. The highest BCUT2D eigenvalue weighted by molar-refractivity contribution is 5.82. The monoisotopic (exact) mass is 285 g/mol. The summed E-state index contributed by atoms with van der Waals surface area (Å²) in [7, 11) is 1.55. The van der Waals surface area contributed by atoms with Crippen LogP contribution < -0.4 is 10.1 Å². The second kappa shape index (κ2) is 7.45. The standard InChI is InChI=1S/C17H19NO3/c1-21-15-9-5-8-14(12-15)16(19)17(20)18-11-10-13-6-3-2-4-7-13/h2-9,12,16,19H,10-11H2,1H3,(H,18,20). The number of amides is 1. The van der Waals surface area contributed by atoms with Crippen LogP contribution in [0.4, 0.5) is 0 Å². The summed E-state index contributed by atoms with van der Waals surface area (Å²) in [6, 6.07) is 16.7. The van der Waals surface area contributed by atoms with Crippen LogP contribution in [0, 0.1) is 0 Å². The molecular formula is C17H19NO3. The Kier molecular flexibility index (Phi) is 5.35. The first-order valence-electron chi connectivity index (χ1n) is 6.84. The molecule has 0 aromatic heterocycles. The van der Waals surface area contributed by atoms with Crippen LogP contribution in [0.5, 0.6) is 5.75 Å². The minimum absolute atomic E-state index is 0.404. The lowest BCUT2D eigenvalue weighted by atomic mass is 10.1. The number of methoxy groups -OCH3 is 1. The predicted molar refractivity (Wildman–Crippen MR) is 81.1 cm³/mol. The number of hydrogen-bond acceptors (Lipinski definition) is 3. The fourth-order valence-electron chi connectivity index (χ4n) is 2.03. The van der Waals surface area contributed by atoms with E-state index in [2.05, 4.69) is 5.32 Å². The van der Waals surface area contributed by atoms with Crippen LogP contribution >= 0.6 is 0 Å². The molecule has 0 aliphatic carbocycles. The lowest BCUT2D eigenvalue weighted by molar-refractivity contribution is -0.129. The predicted octanol–water partition coefficient (Wildman–Crippen LogP) is 2.09. The summed E-state index contributed by atoms with van der Waals surface area (Å²) in [5, 5.41) is 12.8. The van der Waals surface area contributed by atoms with Crippen LogP contribution in [0.2, 0.25) is 0 Å². The number of rotatable bonds is 6. The maximum atomic E-state index is 11.9. The normalized spacial score (nSPS) is 11.7. The van der Waals surface area contributed by atoms with E-state index in [4.69, 9.17) is 4.74 Å². The van der Waals surface area contributed by atoms with Crippen molar-refractivity contribution in [1.29, 1.82) is 0 Å². The van der Waals surface area contributed by atoms with E-state index in [0.29, 0.717) is 17.9 Å². The number of carbonyl (C=O) groups excluding carboxylic acids is 1. The van der Waals surface area contributed by atoms with Gasteiger partial charge in [0.05, 0.1) is 7.11 Å². The first-order chi connectivity index (χ1) is 10.2. The van der Waals surface area contributed by atoms with Crippen molar-refractivity contribution in [2.24, 2.45) is 0 Å². The molecule has 2 rings (SSSR count). The van der Waals surface area contributed by atoms with Crippen molar-refractivity contribution in [3.63, 3.8) is 0 Å². The molecular weight excluding hydrogens is 266 g/mol. The van der Waals surface area contributed by atoms with Crippen LogP contribution in [-0.4, -0.2) is 24.7 Å². The molecule has 0 heterocycles. The fraction of sp³-hybridized carbons (Fsp3) is 0.235. The molecule has 1 unspecified atom stereocenters. The Labute approximate surface area is 124 Å². The summed E-state index contributed by atoms with van der Waals surface area (Å²) >= 11 is 0. The molecule has 0 aliphatic heterocycles. The van der Waals surface area contributed by atoms with Gasteiger partial charge < -0.3 is 15.2 Å². The molecule has 0 aliphatic rings. The van der Waals surface area contributed by atoms with E-state index in [-0.39, 0.29) is 0 Å². The lowest BCUT2D eigenvalue weighted by Crippen LogP contribution is -2.30. The number of aliphatic hydroxyl groups excluding tert-OH is 1. The Hall–Kier alpha value is -2.33. The van der Waals surface area contributed by atoms with Gasteiger partial charge in [-0.25, -0.2) is 0 Å². The summed E-state index contributed by atoms with van der Waals surface area (Å²) in [4.78, 5) is 11.9. The molecule has 1 amide bonds. The van der Waals surface area contributed by atoms with E-state index in [9.17, 15) is 9.90 Å². The molecule has 1 atom stereocenters. The number of aliphatic hydroxyl groups is 1. The molecule has 2 N–H and O–H groups in total. The minimum atomic E-state index is -1.18. The van der Waals surface area contributed by atoms with Gasteiger partial charge in [-0.15, -0.1) is 0 Å². The molecule has 0 fully saturated rings. The van der Waals surface area contributed by atoms with Gasteiger partial charge in [-0.1, -0.05) is 42.5 Å². The molecule has 21 heavy (non-hydrogen) atoms. The van der Waals surface area contributed by atoms with Crippen LogP contribution in [0.1, 0.15) is 17.2 Å². The highest BCUT2D eigenvalue weighted by Crippen LogP contribution is 2.19. The van der Waals surface area contributed by atoms with E-state index in [1.54, 1.807) is 31.4 Å². The van der Waals surface area contributed by atoms with Crippen molar-refractivity contribution in [3.05, 3.63) is 65.7 Å². The summed E-state index contributed by atoms with van der Waals surface area (Å²) in [5.74, 6) is 0.211. The molecule has 110 valence electrons. The maximum absolute atomic E-state index is 11.9. The second-order valence-electron chi connectivity index (χ2n) is 4.71. The Morgan fingerprint density at radius 1 is 1.19 bits per heavy atom. The Balaban J connectivity index is 1.87. The Morgan fingerprint density at radius 3 is 2.67 bits per heavy atom. The zero-order valence-electron chi connectivity index (χ0n) is 12.0. The Morgan fingerprint density at radius 2 is 1.95 bits per heavy atom. The third-order valence-electron chi connectivity index (χ3n) is 3.21. The van der Waals surface area contributed by atoms with Gasteiger partial charge in [0.15, 0.2) is 6.10 Å². The van der Waals surface area contributed by atoms with E-state index < -0.39 is 12.0 Å². The highest BCUT2D eigenvalue weighted by Gasteiger charge is 2.17. The van der Waals surface area contributed by atoms with Crippen molar-refractivity contribution in [2.45, 2.75) is 12.5 Å². The zero-order chi connectivity index (χ0) is 15.1.